The number of aryl methyl sites for hydroxylation is 1. The number of nitrogens with zero attached hydrogens (tertiary/aromatic N) is 1. The fraction of sp³-hybridized carbons (Fsp3) is 0.333. The number of rotatable bonds is 3. The van der Waals surface area contributed by atoms with Crippen LogP contribution in [0.5, 0.6) is 0 Å². The van der Waals surface area contributed by atoms with Crippen LogP contribution >= 0.6 is 23.6 Å². The highest BCUT2D eigenvalue weighted by Crippen LogP contribution is 2.17. The van der Waals surface area contributed by atoms with E-state index in [4.69, 9.17) is 5.73 Å². The lowest BCUT2D eigenvalue weighted by Crippen LogP contribution is -2.25. The van der Waals surface area contributed by atoms with E-state index >= 15 is 0 Å². The lowest BCUT2D eigenvalue weighted by Gasteiger charge is -1.97. The van der Waals surface area contributed by atoms with Gasteiger partial charge in [0.25, 0.3) is 0 Å². The summed E-state index contributed by atoms with van der Waals surface area (Å²) in [4.78, 5) is 2.50. The van der Waals surface area contributed by atoms with Gasteiger partial charge in [0.2, 0.25) is 0 Å². The van der Waals surface area contributed by atoms with E-state index < -0.39 is 0 Å². The predicted octanol–water partition coefficient (Wildman–Crippen LogP) is 1.87. The van der Waals surface area contributed by atoms with Crippen molar-refractivity contribution in [1.29, 1.82) is 0 Å². The molecule has 14 heavy (non-hydrogen) atoms. The molecule has 0 aliphatic carbocycles. The highest BCUT2D eigenvalue weighted by molar-refractivity contribution is 7.80. The molecule has 0 radical (unpaired) electrons. The monoisotopic (exact) mass is 227 g/mol. The third-order valence-electron chi connectivity index (χ3n) is 1.70. The molecule has 1 aromatic heterocycles. The number of nitrogens with one attached hydrogen (secondary N) is 1. The maximum Gasteiger partial charge on any atom is 0.184 e. The summed E-state index contributed by atoms with van der Waals surface area (Å²) in [6.45, 7) is 4.06. The number of thiophene rings is 1. The van der Waals surface area contributed by atoms with Crippen LogP contribution in [0.15, 0.2) is 17.2 Å². The van der Waals surface area contributed by atoms with Gasteiger partial charge in [0.15, 0.2) is 5.11 Å². The molecule has 0 aliphatic rings. The van der Waals surface area contributed by atoms with E-state index in [0.29, 0.717) is 0 Å². The molecular formula is C9H13N3S2. The fourth-order valence-electron chi connectivity index (χ4n) is 0.956. The van der Waals surface area contributed by atoms with E-state index in [1.54, 1.807) is 11.3 Å². The largest absolute Gasteiger partial charge is 0.375 e. The Morgan fingerprint density at radius 3 is 2.86 bits per heavy atom. The molecule has 0 fully saturated rings. The van der Waals surface area contributed by atoms with Crippen molar-refractivity contribution in [1.82, 2.24) is 5.43 Å². The van der Waals surface area contributed by atoms with Crippen molar-refractivity contribution >= 4 is 34.4 Å². The summed E-state index contributed by atoms with van der Waals surface area (Å²) in [5.74, 6) is 0. The average Bonchev–Trinajstić information content (AvgIpc) is 2.62. The Hall–Kier alpha value is -0.940. The molecule has 76 valence electrons. The van der Waals surface area contributed by atoms with E-state index in [9.17, 15) is 0 Å². The van der Waals surface area contributed by atoms with Crippen LogP contribution < -0.4 is 11.2 Å². The Morgan fingerprint density at radius 2 is 2.36 bits per heavy atom. The molecule has 3 N–H and O–H groups in total. The summed E-state index contributed by atoms with van der Waals surface area (Å²) in [5.41, 5.74) is 8.75. The summed E-state index contributed by atoms with van der Waals surface area (Å²) in [7, 11) is 0. The molecule has 0 saturated heterocycles. The molecule has 0 amide bonds. The highest BCUT2D eigenvalue weighted by Gasteiger charge is 2.01. The molecule has 1 rings (SSSR count). The Balaban J connectivity index is 2.73. The lowest BCUT2D eigenvalue weighted by molar-refractivity contribution is 1.03. The molecule has 1 aromatic rings. The van der Waals surface area contributed by atoms with Gasteiger partial charge in [0.1, 0.15) is 0 Å². The molecule has 0 unspecified atom stereocenters. The van der Waals surface area contributed by atoms with Gasteiger partial charge in [0, 0.05) is 4.88 Å². The van der Waals surface area contributed by atoms with Crippen molar-refractivity contribution in [3.63, 3.8) is 0 Å². The Bertz CT molecular complexity index is 355. The maximum absolute atomic E-state index is 5.27. The van der Waals surface area contributed by atoms with Crippen LogP contribution in [0.3, 0.4) is 0 Å². The fourth-order valence-corrected chi connectivity index (χ4v) is 1.89. The number of hydrogen-bond donors (Lipinski definition) is 2. The Kier molecular flexibility index (Phi) is 4.03. The van der Waals surface area contributed by atoms with Gasteiger partial charge >= 0.3 is 0 Å². The maximum atomic E-state index is 5.27. The number of hydrogen-bond acceptors (Lipinski definition) is 3. The van der Waals surface area contributed by atoms with Crippen molar-refractivity contribution in [3.8, 4) is 0 Å². The molecule has 0 saturated carbocycles. The molecular weight excluding hydrogens is 214 g/mol. The summed E-state index contributed by atoms with van der Waals surface area (Å²) in [6.07, 6.45) is 1.06. The van der Waals surface area contributed by atoms with Gasteiger partial charge in [-0.1, -0.05) is 6.92 Å². The zero-order valence-corrected chi connectivity index (χ0v) is 9.84. The second-order valence-electron chi connectivity index (χ2n) is 2.79. The first-order valence-corrected chi connectivity index (χ1v) is 5.54. The quantitative estimate of drug-likeness (QED) is 0.471. The minimum atomic E-state index is 0.191. The van der Waals surface area contributed by atoms with Crippen molar-refractivity contribution in [2.24, 2.45) is 10.8 Å². The highest BCUT2D eigenvalue weighted by atomic mass is 32.1. The molecule has 0 aromatic carbocycles. The van der Waals surface area contributed by atoms with Crippen molar-refractivity contribution in [2.45, 2.75) is 20.3 Å². The minimum absolute atomic E-state index is 0.191. The van der Waals surface area contributed by atoms with Crippen molar-refractivity contribution < 1.29 is 0 Å². The number of nitrogens with two attached hydrogens (primary N) is 1. The van der Waals surface area contributed by atoms with Gasteiger partial charge in [-0.05, 0) is 37.7 Å². The van der Waals surface area contributed by atoms with Crippen LogP contribution in [0, 0.1) is 0 Å². The first-order valence-electron chi connectivity index (χ1n) is 4.32. The number of thiocarbonyl (C=S) groups is 1. The smallest absolute Gasteiger partial charge is 0.184 e. The van der Waals surface area contributed by atoms with Crippen LogP contribution in [0.1, 0.15) is 23.6 Å². The SMILES string of the molecule is CCc1ccc(/C(C)=N/NC(N)=S)s1. The van der Waals surface area contributed by atoms with Gasteiger partial charge in [-0.25, -0.2) is 0 Å². The third-order valence-corrected chi connectivity index (χ3v) is 3.13. The summed E-state index contributed by atoms with van der Waals surface area (Å²) < 4.78 is 0. The molecule has 0 aliphatic heterocycles. The summed E-state index contributed by atoms with van der Waals surface area (Å²) >= 11 is 6.39. The van der Waals surface area contributed by atoms with E-state index in [1.165, 1.54) is 4.88 Å². The second-order valence-corrected chi connectivity index (χ2v) is 4.40. The molecule has 1 heterocycles. The van der Waals surface area contributed by atoms with Gasteiger partial charge in [-0.3, -0.25) is 5.43 Å². The Morgan fingerprint density at radius 1 is 1.64 bits per heavy atom. The topological polar surface area (TPSA) is 50.4 Å². The van der Waals surface area contributed by atoms with E-state index in [-0.39, 0.29) is 5.11 Å². The van der Waals surface area contributed by atoms with Crippen LogP contribution in [0.4, 0.5) is 0 Å². The zero-order valence-electron chi connectivity index (χ0n) is 8.20. The van der Waals surface area contributed by atoms with Crippen molar-refractivity contribution in [2.75, 3.05) is 0 Å². The van der Waals surface area contributed by atoms with Gasteiger partial charge < -0.3 is 5.73 Å². The molecule has 0 bridgehead atoms. The van der Waals surface area contributed by atoms with Crippen LogP contribution in [0.25, 0.3) is 0 Å². The number of hydrazone groups is 1. The van der Waals surface area contributed by atoms with E-state index in [1.807, 2.05) is 6.92 Å². The van der Waals surface area contributed by atoms with Gasteiger partial charge in [-0.15, -0.1) is 11.3 Å². The minimum Gasteiger partial charge on any atom is -0.375 e. The van der Waals surface area contributed by atoms with E-state index in [0.717, 1.165) is 17.0 Å². The van der Waals surface area contributed by atoms with Crippen LogP contribution in [0.2, 0.25) is 0 Å². The zero-order chi connectivity index (χ0) is 10.6. The summed E-state index contributed by atoms with van der Waals surface area (Å²) in [5, 5.41) is 4.24. The standard InChI is InChI=1S/C9H13N3S2/c1-3-7-4-5-8(14-7)6(2)11-12-9(10)13/h4-5H,3H2,1-2H3,(H3,10,12,13)/b11-6+. The van der Waals surface area contributed by atoms with Crippen molar-refractivity contribution in [3.05, 3.63) is 21.9 Å². The van der Waals surface area contributed by atoms with Crippen LogP contribution in [-0.4, -0.2) is 10.8 Å². The second kappa shape index (κ2) is 5.07. The average molecular weight is 227 g/mol. The molecule has 5 heteroatoms. The van der Waals surface area contributed by atoms with Gasteiger partial charge in [-0.2, -0.15) is 5.10 Å². The first-order chi connectivity index (χ1) is 6.63. The third kappa shape index (κ3) is 3.08. The molecule has 0 spiro atoms. The first kappa shape index (κ1) is 11.1. The predicted molar refractivity (Wildman–Crippen MR) is 65.8 cm³/mol. The van der Waals surface area contributed by atoms with Crippen LogP contribution in [-0.2, 0) is 6.42 Å². The van der Waals surface area contributed by atoms with E-state index in [2.05, 4.69) is 41.8 Å². The molecule has 0 atom stereocenters. The summed E-state index contributed by atoms with van der Waals surface area (Å²) in [6, 6.07) is 4.17. The Labute approximate surface area is 93.0 Å². The van der Waals surface area contributed by atoms with Gasteiger partial charge in [0.05, 0.1) is 10.6 Å². The normalized spacial score (nSPS) is 11.4. The molecule has 3 nitrogen and oxygen atoms in total. The lowest BCUT2D eigenvalue weighted by atomic mass is 10.3.